The normalized spacial score (nSPS) is 27.1. The van der Waals surface area contributed by atoms with E-state index in [-0.39, 0.29) is 12.7 Å². The zero-order chi connectivity index (χ0) is 16.8. The second kappa shape index (κ2) is 8.36. The summed E-state index contributed by atoms with van der Waals surface area (Å²) in [4.78, 5) is 23.9. The van der Waals surface area contributed by atoms with Crippen LogP contribution in [0, 0.1) is 5.92 Å². The molecule has 22 heavy (non-hydrogen) atoms. The first-order chi connectivity index (χ1) is 10.2. The van der Waals surface area contributed by atoms with Gasteiger partial charge in [-0.25, -0.2) is 9.59 Å². The zero-order valence-electron chi connectivity index (χ0n) is 14.3. The number of nitrogens with one attached hydrogen (secondary N) is 1. The van der Waals surface area contributed by atoms with Crippen molar-refractivity contribution in [2.24, 2.45) is 5.92 Å². The lowest BCUT2D eigenvalue weighted by Crippen LogP contribution is -2.47. The molecule has 6 heteroatoms. The van der Waals surface area contributed by atoms with Crippen molar-refractivity contribution in [3.63, 3.8) is 0 Å². The Kier molecular flexibility index (Phi) is 7.13. The number of rotatable bonds is 3. The number of alkyl carbamates (subject to hydrolysis) is 1. The highest BCUT2D eigenvalue weighted by Gasteiger charge is 2.29. The summed E-state index contributed by atoms with van der Waals surface area (Å²) in [5.74, 6) is -0.108. The quantitative estimate of drug-likeness (QED) is 0.810. The van der Waals surface area contributed by atoms with Crippen molar-refractivity contribution >= 4 is 12.1 Å². The second-order valence-electron chi connectivity index (χ2n) is 6.87. The third-order valence-corrected chi connectivity index (χ3v) is 3.29. The lowest BCUT2D eigenvalue weighted by Gasteiger charge is -2.23. The fraction of sp³-hybridized carbons (Fsp3) is 0.875. The van der Waals surface area contributed by atoms with Crippen LogP contribution < -0.4 is 5.32 Å². The number of carbonyl (C=O) groups is 2. The molecule has 1 aliphatic heterocycles. The summed E-state index contributed by atoms with van der Waals surface area (Å²) >= 11 is 0. The van der Waals surface area contributed by atoms with Gasteiger partial charge in [0.15, 0.2) is 6.04 Å². The van der Waals surface area contributed by atoms with E-state index in [4.69, 9.17) is 14.2 Å². The van der Waals surface area contributed by atoms with E-state index < -0.39 is 23.7 Å². The van der Waals surface area contributed by atoms with Crippen molar-refractivity contribution in [1.29, 1.82) is 0 Å². The molecule has 1 fully saturated rings. The van der Waals surface area contributed by atoms with Gasteiger partial charge in [-0.05, 0) is 46.5 Å². The van der Waals surface area contributed by atoms with Crippen LogP contribution >= 0.6 is 0 Å². The molecule has 1 N–H and O–H groups in total. The monoisotopic (exact) mass is 315 g/mol. The molecule has 0 aromatic rings. The third-order valence-electron chi connectivity index (χ3n) is 3.29. The minimum absolute atomic E-state index is 0.102. The van der Waals surface area contributed by atoms with Crippen LogP contribution in [0.3, 0.4) is 0 Å². The van der Waals surface area contributed by atoms with E-state index in [1.165, 1.54) is 0 Å². The summed E-state index contributed by atoms with van der Waals surface area (Å²) in [5.41, 5.74) is -0.618. The van der Waals surface area contributed by atoms with E-state index in [1.807, 2.05) is 6.92 Å². The molecule has 1 heterocycles. The van der Waals surface area contributed by atoms with Crippen molar-refractivity contribution in [3.8, 4) is 0 Å². The number of amides is 1. The Morgan fingerprint density at radius 1 is 1.36 bits per heavy atom. The average Bonchev–Trinajstić information content (AvgIpc) is 2.39. The van der Waals surface area contributed by atoms with E-state index >= 15 is 0 Å². The Labute approximate surface area is 132 Å². The average molecular weight is 315 g/mol. The summed E-state index contributed by atoms with van der Waals surface area (Å²) in [6.07, 6.45) is 2.04. The Bertz CT molecular complexity index is 377. The Hall–Kier alpha value is -1.30. The molecule has 1 amide bonds. The van der Waals surface area contributed by atoms with Gasteiger partial charge >= 0.3 is 12.1 Å². The van der Waals surface area contributed by atoms with Gasteiger partial charge in [-0.15, -0.1) is 0 Å². The minimum Gasteiger partial charge on any atom is -0.461 e. The molecule has 2 unspecified atom stereocenters. The Morgan fingerprint density at radius 2 is 2.05 bits per heavy atom. The van der Waals surface area contributed by atoms with Crippen molar-refractivity contribution in [3.05, 3.63) is 0 Å². The van der Waals surface area contributed by atoms with Gasteiger partial charge in [0, 0.05) is 6.61 Å². The molecule has 128 valence electrons. The Balaban J connectivity index is 2.63. The van der Waals surface area contributed by atoms with Gasteiger partial charge in [0.2, 0.25) is 0 Å². The molecule has 6 nitrogen and oxygen atoms in total. The first kappa shape index (κ1) is 18.7. The molecule has 1 saturated heterocycles. The van der Waals surface area contributed by atoms with Gasteiger partial charge in [0.1, 0.15) is 5.60 Å². The van der Waals surface area contributed by atoms with Crippen molar-refractivity contribution in [2.75, 3.05) is 13.2 Å². The second-order valence-corrected chi connectivity index (χ2v) is 6.87. The summed E-state index contributed by atoms with van der Waals surface area (Å²) in [6.45, 7) is 9.96. The first-order valence-corrected chi connectivity index (χ1v) is 7.99. The van der Waals surface area contributed by atoms with Crippen LogP contribution in [0.5, 0.6) is 0 Å². The summed E-state index contributed by atoms with van der Waals surface area (Å²) in [6, 6.07) is -0.835. The molecular formula is C16H29NO5. The molecule has 0 aromatic heterocycles. The number of cyclic esters (lactones) is 1. The van der Waals surface area contributed by atoms with E-state index in [0.717, 1.165) is 19.3 Å². The zero-order valence-corrected chi connectivity index (χ0v) is 14.3. The van der Waals surface area contributed by atoms with Crippen molar-refractivity contribution in [1.82, 2.24) is 5.32 Å². The fourth-order valence-corrected chi connectivity index (χ4v) is 2.45. The van der Waals surface area contributed by atoms with Crippen LogP contribution in [-0.2, 0) is 19.0 Å². The van der Waals surface area contributed by atoms with Gasteiger partial charge in [0.05, 0.1) is 12.7 Å². The molecule has 0 bridgehead atoms. The smallest absolute Gasteiger partial charge is 0.408 e. The molecule has 0 radical (unpaired) electrons. The van der Waals surface area contributed by atoms with Gasteiger partial charge < -0.3 is 19.5 Å². The lowest BCUT2D eigenvalue weighted by atomic mass is 9.98. The standard InChI is InChI=1S/C16H29NO5/c1-6-7-12-8-11(2)21-14(18)13(10-20-9-12)17-15(19)22-16(3,4)5/h11-13H,6-10H2,1-5H3,(H,17,19)/t11?,12?,13-/m0/s1. The molecule has 3 atom stereocenters. The summed E-state index contributed by atoms with van der Waals surface area (Å²) in [7, 11) is 0. The van der Waals surface area contributed by atoms with Crippen molar-refractivity contribution in [2.45, 2.75) is 71.6 Å². The van der Waals surface area contributed by atoms with Crippen LogP contribution in [0.4, 0.5) is 4.79 Å². The number of esters is 1. The van der Waals surface area contributed by atoms with Gasteiger partial charge in [-0.2, -0.15) is 0 Å². The number of hydrogen-bond donors (Lipinski definition) is 1. The van der Waals surface area contributed by atoms with E-state index in [0.29, 0.717) is 12.5 Å². The summed E-state index contributed by atoms with van der Waals surface area (Å²) in [5, 5.41) is 2.53. The topological polar surface area (TPSA) is 73.9 Å². The van der Waals surface area contributed by atoms with Crippen LogP contribution in [-0.4, -0.2) is 43.0 Å². The van der Waals surface area contributed by atoms with Crippen LogP contribution in [0.1, 0.15) is 53.9 Å². The highest BCUT2D eigenvalue weighted by molar-refractivity contribution is 5.81. The van der Waals surface area contributed by atoms with Crippen LogP contribution in [0.15, 0.2) is 0 Å². The Morgan fingerprint density at radius 3 is 2.64 bits per heavy atom. The minimum atomic E-state index is -0.835. The number of hydrogen-bond acceptors (Lipinski definition) is 5. The van der Waals surface area contributed by atoms with Crippen LogP contribution in [0.25, 0.3) is 0 Å². The largest absolute Gasteiger partial charge is 0.461 e. The number of carbonyl (C=O) groups excluding carboxylic acids is 2. The number of ether oxygens (including phenoxy) is 3. The predicted molar refractivity (Wildman–Crippen MR) is 82.5 cm³/mol. The first-order valence-electron chi connectivity index (χ1n) is 7.99. The molecule has 0 aromatic carbocycles. The van der Waals surface area contributed by atoms with E-state index in [2.05, 4.69) is 12.2 Å². The predicted octanol–water partition coefficient (Wildman–Crippen LogP) is 2.65. The maximum atomic E-state index is 12.1. The fourth-order valence-electron chi connectivity index (χ4n) is 2.45. The lowest BCUT2D eigenvalue weighted by molar-refractivity contribution is -0.151. The highest BCUT2D eigenvalue weighted by atomic mass is 16.6. The molecular weight excluding hydrogens is 286 g/mol. The molecule has 0 saturated carbocycles. The highest BCUT2D eigenvalue weighted by Crippen LogP contribution is 2.18. The SMILES string of the molecule is CCCC1COC[C@H](NC(=O)OC(C)(C)C)C(=O)OC(C)C1. The molecule has 0 spiro atoms. The molecule has 0 aliphatic carbocycles. The maximum Gasteiger partial charge on any atom is 0.408 e. The van der Waals surface area contributed by atoms with Gasteiger partial charge in [-0.3, -0.25) is 0 Å². The maximum absolute atomic E-state index is 12.1. The third kappa shape index (κ3) is 7.11. The van der Waals surface area contributed by atoms with Gasteiger partial charge in [-0.1, -0.05) is 13.3 Å². The van der Waals surface area contributed by atoms with E-state index in [9.17, 15) is 9.59 Å². The van der Waals surface area contributed by atoms with E-state index in [1.54, 1.807) is 20.8 Å². The van der Waals surface area contributed by atoms with Crippen LogP contribution in [0.2, 0.25) is 0 Å². The summed E-state index contributed by atoms with van der Waals surface area (Å²) < 4.78 is 16.2. The molecule has 1 aliphatic rings. The van der Waals surface area contributed by atoms with Crippen molar-refractivity contribution < 1.29 is 23.8 Å². The van der Waals surface area contributed by atoms with Gasteiger partial charge in [0.25, 0.3) is 0 Å². The molecule has 1 rings (SSSR count).